The van der Waals surface area contributed by atoms with Crippen molar-refractivity contribution in [3.63, 3.8) is 0 Å². The molecule has 0 spiro atoms. The Morgan fingerprint density at radius 3 is 2.89 bits per heavy atom. The van der Waals surface area contributed by atoms with Crippen molar-refractivity contribution in [3.05, 3.63) is 30.3 Å². The molecule has 6 nitrogen and oxygen atoms in total. The average molecular weight is 244 g/mol. The van der Waals surface area contributed by atoms with Crippen LogP contribution in [0.5, 0.6) is 0 Å². The molecular formula is C12H16N6. The van der Waals surface area contributed by atoms with Gasteiger partial charge in [0.15, 0.2) is 0 Å². The molecule has 1 aliphatic rings. The van der Waals surface area contributed by atoms with E-state index in [1.165, 1.54) is 0 Å². The second-order valence-corrected chi connectivity index (χ2v) is 4.47. The summed E-state index contributed by atoms with van der Waals surface area (Å²) < 4.78 is 1.79. The van der Waals surface area contributed by atoms with Crippen LogP contribution in [0, 0.1) is 0 Å². The lowest BCUT2D eigenvalue weighted by Crippen LogP contribution is -2.50. The predicted octanol–water partition coefficient (Wildman–Crippen LogP) is 0.460. The van der Waals surface area contributed by atoms with Crippen molar-refractivity contribution in [2.75, 3.05) is 24.5 Å². The maximum atomic E-state index is 4.17. The minimum Gasteiger partial charge on any atom is -0.334 e. The number of anilines is 1. The fourth-order valence-electron chi connectivity index (χ4n) is 2.24. The number of para-hydroxylation sites is 1. The Balaban J connectivity index is 1.96. The van der Waals surface area contributed by atoms with Gasteiger partial charge in [-0.25, -0.2) is 0 Å². The molecule has 1 fully saturated rings. The van der Waals surface area contributed by atoms with Crippen LogP contribution < -0.4 is 10.2 Å². The highest BCUT2D eigenvalue weighted by Gasteiger charge is 2.23. The first-order valence-electron chi connectivity index (χ1n) is 6.17. The van der Waals surface area contributed by atoms with Gasteiger partial charge >= 0.3 is 0 Å². The van der Waals surface area contributed by atoms with Crippen molar-refractivity contribution in [2.24, 2.45) is 0 Å². The van der Waals surface area contributed by atoms with Gasteiger partial charge in [-0.15, -0.1) is 0 Å². The van der Waals surface area contributed by atoms with E-state index < -0.39 is 0 Å². The number of nitrogens with zero attached hydrogens (tertiary/aromatic N) is 5. The lowest BCUT2D eigenvalue weighted by atomic mass is 10.2. The molecule has 1 aromatic heterocycles. The van der Waals surface area contributed by atoms with E-state index >= 15 is 0 Å². The number of nitrogens with one attached hydrogen (secondary N) is 1. The van der Waals surface area contributed by atoms with Gasteiger partial charge < -0.3 is 10.2 Å². The Bertz CT molecular complexity index is 508. The van der Waals surface area contributed by atoms with Crippen molar-refractivity contribution in [1.29, 1.82) is 0 Å². The number of hydrogen-bond acceptors (Lipinski definition) is 5. The van der Waals surface area contributed by atoms with Gasteiger partial charge in [-0.05, 0) is 29.5 Å². The molecule has 6 heteroatoms. The van der Waals surface area contributed by atoms with Crippen LogP contribution in [0.2, 0.25) is 0 Å². The number of hydrogen-bond donors (Lipinski definition) is 1. The lowest BCUT2D eigenvalue weighted by Gasteiger charge is -2.33. The molecule has 0 unspecified atom stereocenters. The summed E-state index contributed by atoms with van der Waals surface area (Å²) in [5.74, 6) is 0.815. The van der Waals surface area contributed by atoms with Crippen LogP contribution in [0.3, 0.4) is 0 Å². The number of rotatable bonds is 2. The topological polar surface area (TPSA) is 58.9 Å². The smallest absolute Gasteiger partial charge is 0.250 e. The molecule has 2 heterocycles. The van der Waals surface area contributed by atoms with E-state index in [1.54, 1.807) is 4.68 Å². The summed E-state index contributed by atoms with van der Waals surface area (Å²) in [5.41, 5.74) is 0.989. The fraction of sp³-hybridized carbons (Fsp3) is 0.417. The summed E-state index contributed by atoms with van der Waals surface area (Å²) in [7, 11) is 0. The van der Waals surface area contributed by atoms with Gasteiger partial charge in [0.25, 0.3) is 5.95 Å². The lowest BCUT2D eigenvalue weighted by molar-refractivity contribution is 0.489. The first-order valence-corrected chi connectivity index (χ1v) is 6.17. The Morgan fingerprint density at radius 1 is 1.28 bits per heavy atom. The average Bonchev–Trinajstić information content (AvgIpc) is 2.89. The Morgan fingerprint density at radius 2 is 2.11 bits per heavy atom. The number of piperazine rings is 1. The molecule has 3 rings (SSSR count). The fourth-order valence-corrected chi connectivity index (χ4v) is 2.24. The molecule has 1 atom stereocenters. The van der Waals surface area contributed by atoms with E-state index in [9.17, 15) is 0 Å². The van der Waals surface area contributed by atoms with Gasteiger partial charge in [0.05, 0.1) is 5.69 Å². The molecular weight excluding hydrogens is 228 g/mol. The maximum Gasteiger partial charge on any atom is 0.250 e. The van der Waals surface area contributed by atoms with E-state index in [-0.39, 0.29) is 0 Å². The minimum atomic E-state index is 0.396. The predicted molar refractivity (Wildman–Crippen MR) is 68.8 cm³/mol. The standard InChI is InChI=1S/C12H16N6/c1-10-9-13-7-8-17(10)12-14-15-16-18(12)11-5-3-2-4-6-11/h2-6,10,13H,7-9H2,1H3/t10-/m0/s1. The summed E-state index contributed by atoms with van der Waals surface area (Å²) in [4.78, 5) is 2.24. The summed E-state index contributed by atoms with van der Waals surface area (Å²) >= 11 is 0. The van der Waals surface area contributed by atoms with Gasteiger partial charge in [0.2, 0.25) is 0 Å². The van der Waals surface area contributed by atoms with E-state index in [4.69, 9.17) is 0 Å². The molecule has 1 aromatic carbocycles. The molecule has 1 N–H and O–H groups in total. The third kappa shape index (κ3) is 1.95. The third-order valence-electron chi connectivity index (χ3n) is 3.21. The monoisotopic (exact) mass is 244 g/mol. The highest BCUT2D eigenvalue weighted by molar-refractivity contribution is 5.41. The molecule has 0 aliphatic carbocycles. The minimum absolute atomic E-state index is 0.396. The second-order valence-electron chi connectivity index (χ2n) is 4.47. The zero-order valence-electron chi connectivity index (χ0n) is 10.3. The SMILES string of the molecule is C[C@H]1CNCCN1c1nnnn1-c1ccccc1. The molecule has 0 amide bonds. The van der Waals surface area contributed by atoms with Gasteiger partial charge in [-0.3, -0.25) is 0 Å². The first-order chi connectivity index (χ1) is 8.86. The molecule has 1 aliphatic heterocycles. The second kappa shape index (κ2) is 4.73. The largest absolute Gasteiger partial charge is 0.334 e. The molecule has 2 aromatic rings. The van der Waals surface area contributed by atoms with Crippen LogP contribution in [0.25, 0.3) is 5.69 Å². The molecule has 94 valence electrons. The molecule has 0 radical (unpaired) electrons. The Labute approximate surface area is 106 Å². The Hall–Kier alpha value is -1.95. The van der Waals surface area contributed by atoms with Crippen LogP contribution in [0.4, 0.5) is 5.95 Å². The van der Waals surface area contributed by atoms with Crippen LogP contribution in [0.1, 0.15) is 6.92 Å². The molecule has 0 bridgehead atoms. The summed E-state index contributed by atoms with van der Waals surface area (Å²) in [6.45, 7) is 5.03. The number of tetrazole rings is 1. The summed E-state index contributed by atoms with van der Waals surface area (Å²) in [6.07, 6.45) is 0. The first kappa shape index (κ1) is 11.2. The highest BCUT2D eigenvalue weighted by Crippen LogP contribution is 2.18. The third-order valence-corrected chi connectivity index (χ3v) is 3.21. The van der Waals surface area contributed by atoms with Gasteiger partial charge in [0.1, 0.15) is 0 Å². The van der Waals surface area contributed by atoms with Gasteiger partial charge in [0, 0.05) is 25.7 Å². The quantitative estimate of drug-likeness (QED) is 0.831. The maximum absolute atomic E-state index is 4.17. The number of aromatic nitrogens is 4. The highest BCUT2D eigenvalue weighted by atomic mass is 15.6. The van der Waals surface area contributed by atoms with Crippen LogP contribution in [-0.4, -0.2) is 45.9 Å². The zero-order chi connectivity index (χ0) is 12.4. The molecule has 0 saturated carbocycles. The zero-order valence-corrected chi connectivity index (χ0v) is 10.3. The van der Waals surface area contributed by atoms with E-state index in [0.29, 0.717) is 6.04 Å². The van der Waals surface area contributed by atoms with Crippen molar-refractivity contribution in [2.45, 2.75) is 13.0 Å². The van der Waals surface area contributed by atoms with E-state index in [0.717, 1.165) is 31.3 Å². The van der Waals surface area contributed by atoms with Crippen molar-refractivity contribution in [1.82, 2.24) is 25.5 Å². The Kier molecular flexibility index (Phi) is 2.93. The van der Waals surface area contributed by atoms with Crippen molar-refractivity contribution in [3.8, 4) is 5.69 Å². The van der Waals surface area contributed by atoms with E-state index in [1.807, 2.05) is 30.3 Å². The molecule has 18 heavy (non-hydrogen) atoms. The van der Waals surface area contributed by atoms with Crippen molar-refractivity contribution < 1.29 is 0 Å². The van der Waals surface area contributed by atoms with E-state index in [2.05, 4.69) is 32.7 Å². The van der Waals surface area contributed by atoms with Gasteiger partial charge in [-0.2, -0.15) is 4.68 Å². The summed E-state index contributed by atoms with van der Waals surface area (Å²) in [6, 6.07) is 10.4. The van der Waals surface area contributed by atoms with Crippen LogP contribution in [0.15, 0.2) is 30.3 Å². The molecule has 1 saturated heterocycles. The number of benzene rings is 1. The van der Waals surface area contributed by atoms with Crippen molar-refractivity contribution >= 4 is 5.95 Å². The van der Waals surface area contributed by atoms with Crippen LogP contribution in [-0.2, 0) is 0 Å². The summed E-state index contributed by atoms with van der Waals surface area (Å²) in [5, 5.41) is 15.4. The van der Waals surface area contributed by atoms with Crippen LogP contribution >= 0.6 is 0 Å². The van der Waals surface area contributed by atoms with Gasteiger partial charge in [-0.1, -0.05) is 23.3 Å². The normalized spacial score (nSPS) is 20.1.